The lowest BCUT2D eigenvalue weighted by molar-refractivity contribution is 0.0657. The predicted octanol–water partition coefficient (Wildman–Crippen LogP) is 1.98. The molecule has 1 amide bonds. The number of likely N-dealkylation sites (tertiary alicyclic amines) is 1. The van der Waals surface area contributed by atoms with Crippen LogP contribution >= 0.6 is 0 Å². The fraction of sp³-hybridized carbons (Fsp3) is 0.714. The van der Waals surface area contributed by atoms with Crippen LogP contribution in [0.4, 0.5) is 0 Å². The number of carbonyl (C=O) groups is 1. The normalized spacial score (nSPS) is 24.5. The van der Waals surface area contributed by atoms with Crippen LogP contribution in [-0.4, -0.2) is 86.0 Å². The van der Waals surface area contributed by atoms with E-state index < -0.39 is 0 Å². The van der Waals surface area contributed by atoms with E-state index >= 15 is 0 Å². The molecule has 1 N–H and O–H groups in total. The Hall–Kier alpha value is -2.02. The number of furan rings is 1. The van der Waals surface area contributed by atoms with Gasteiger partial charge in [-0.3, -0.25) is 9.79 Å². The summed E-state index contributed by atoms with van der Waals surface area (Å²) in [6.07, 6.45) is 4.02. The molecule has 0 saturated carbocycles. The molecule has 1 aromatic rings. The van der Waals surface area contributed by atoms with E-state index in [2.05, 4.69) is 34.0 Å². The van der Waals surface area contributed by atoms with Gasteiger partial charge in [0.25, 0.3) is 5.91 Å². The number of aliphatic imine (C=N–C) groups is 1. The Morgan fingerprint density at radius 3 is 2.46 bits per heavy atom. The summed E-state index contributed by atoms with van der Waals surface area (Å²) in [6.45, 7) is 12.2. The third-order valence-corrected chi connectivity index (χ3v) is 5.69. The largest absolute Gasteiger partial charge is 0.459 e. The second-order valence-electron chi connectivity index (χ2n) is 8.29. The van der Waals surface area contributed by atoms with Crippen molar-refractivity contribution in [3.8, 4) is 0 Å². The molecule has 0 radical (unpaired) electrons. The number of piperazine rings is 1. The number of hydrogen-bond donors (Lipinski definition) is 1. The van der Waals surface area contributed by atoms with Crippen LogP contribution in [0.15, 0.2) is 27.8 Å². The van der Waals surface area contributed by atoms with Gasteiger partial charge >= 0.3 is 0 Å². The molecule has 7 heteroatoms. The second kappa shape index (κ2) is 9.96. The van der Waals surface area contributed by atoms with Crippen molar-refractivity contribution in [2.75, 3.05) is 59.4 Å². The summed E-state index contributed by atoms with van der Waals surface area (Å²) in [5.74, 6) is 2.94. The van der Waals surface area contributed by atoms with Crippen molar-refractivity contribution in [2.45, 2.75) is 26.7 Å². The van der Waals surface area contributed by atoms with E-state index in [-0.39, 0.29) is 5.91 Å². The maximum atomic E-state index is 12.4. The molecule has 2 fully saturated rings. The standard InChI is InChI=1S/C21H35N5O2/c1-17-14-18(2)16-24(15-17)8-5-7-23-21(22-3)26-11-9-25(10-12-26)20(27)19-6-4-13-28-19/h4,6,13,17-18H,5,7-12,14-16H2,1-3H3,(H,22,23). The van der Waals surface area contributed by atoms with Crippen LogP contribution in [0.2, 0.25) is 0 Å². The third kappa shape index (κ3) is 5.50. The first-order valence-corrected chi connectivity index (χ1v) is 10.6. The van der Waals surface area contributed by atoms with Crippen LogP contribution in [0.3, 0.4) is 0 Å². The average Bonchev–Trinajstić information content (AvgIpc) is 3.22. The molecule has 2 aliphatic rings. The number of guanidine groups is 1. The van der Waals surface area contributed by atoms with Gasteiger partial charge in [-0.25, -0.2) is 0 Å². The molecule has 0 spiro atoms. The molecule has 0 aliphatic carbocycles. The minimum atomic E-state index is -0.0300. The Bertz CT molecular complexity index is 627. The highest BCUT2D eigenvalue weighted by Crippen LogP contribution is 2.20. The van der Waals surface area contributed by atoms with Crippen molar-refractivity contribution in [1.29, 1.82) is 0 Å². The summed E-state index contributed by atoms with van der Waals surface area (Å²) in [4.78, 5) is 23.5. The summed E-state index contributed by atoms with van der Waals surface area (Å²) in [6, 6.07) is 3.47. The van der Waals surface area contributed by atoms with Gasteiger partial charge in [0.15, 0.2) is 11.7 Å². The average molecular weight is 390 g/mol. The summed E-state index contributed by atoms with van der Waals surface area (Å²) in [7, 11) is 1.83. The monoisotopic (exact) mass is 389 g/mol. The van der Waals surface area contributed by atoms with Gasteiger partial charge in [0.2, 0.25) is 0 Å². The summed E-state index contributed by atoms with van der Waals surface area (Å²) in [5, 5.41) is 3.50. The van der Waals surface area contributed by atoms with Crippen LogP contribution in [0.25, 0.3) is 0 Å². The first-order chi connectivity index (χ1) is 13.6. The van der Waals surface area contributed by atoms with Crippen LogP contribution in [0.1, 0.15) is 37.2 Å². The Kier molecular flexibility index (Phi) is 7.36. The molecule has 2 aliphatic heterocycles. The zero-order chi connectivity index (χ0) is 19.9. The zero-order valence-electron chi connectivity index (χ0n) is 17.6. The van der Waals surface area contributed by atoms with Crippen molar-refractivity contribution >= 4 is 11.9 Å². The molecule has 1 aromatic heterocycles. The van der Waals surface area contributed by atoms with E-state index in [1.807, 2.05) is 11.9 Å². The summed E-state index contributed by atoms with van der Waals surface area (Å²) < 4.78 is 5.23. The molecule has 156 valence electrons. The molecule has 0 bridgehead atoms. The van der Waals surface area contributed by atoms with Gasteiger partial charge < -0.3 is 24.4 Å². The quantitative estimate of drug-likeness (QED) is 0.474. The van der Waals surface area contributed by atoms with Gasteiger partial charge in [-0.15, -0.1) is 0 Å². The Morgan fingerprint density at radius 1 is 1.18 bits per heavy atom. The number of nitrogens with zero attached hydrogens (tertiary/aromatic N) is 4. The predicted molar refractivity (Wildman–Crippen MR) is 112 cm³/mol. The minimum Gasteiger partial charge on any atom is -0.459 e. The number of amides is 1. The number of piperidine rings is 1. The third-order valence-electron chi connectivity index (χ3n) is 5.69. The molecule has 2 atom stereocenters. The molecule has 3 rings (SSSR count). The van der Waals surface area contributed by atoms with Gasteiger partial charge in [-0.05, 0) is 43.4 Å². The number of hydrogen-bond acceptors (Lipinski definition) is 4. The highest BCUT2D eigenvalue weighted by atomic mass is 16.3. The van der Waals surface area contributed by atoms with E-state index in [4.69, 9.17) is 4.42 Å². The van der Waals surface area contributed by atoms with Crippen molar-refractivity contribution in [1.82, 2.24) is 20.0 Å². The Balaban J connectivity index is 1.37. The van der Waals surface area contributed by atoms with Crippen molar-refractivity contribution in [2.24, 2.45) is 16.8 Å². The first-order valence-electron chi connectivity index (χ1n) is 10.6. The minimum absolute atomic E-state index is 0.0300. The van der Waals surface area contributed by atoms with Gasteiger partial charge in [0.1, 0.15) is 0 Å². The zero-order valence-corrected chi connectivity index (χ0v) is 17.6. The molecule has 28 heavy (non-hydrogen) atoms. The van der Waals surface area contributed by atoms with E-state index in [1.54, 1.807) is 18.4 Å². The van der Waals surface area contributed by atoms with Crippen LogP contribution < -0.4 is 5.32 Å². The molecule has 0 aromatic carbocycles. The number of nitrogens with one attached hydrogen (secondary N) is 1. The molecular weight excluding hydrogens is 354 g/mol. The fourth-order valence-corrected chi connectivity index (χ4v) is 4.49. The highest BCUT2D eigenvalue weighted by molar-refractivity contribution is 5.91. The molecule has 2 unspecified atom stereocenters. The highest BCUT2D eigenvalue weighted by Gasteiger charge is 2.25. The lowest BCUT2D eigenvalue weighted by Gasteiger charge is -2.36. The lowest BCUT2D eigenvalue weighted by atomic mass is 9.92. The van der Waals surface area contributed by atoms with E-state index in [1.165, 1.54) is 19.5 Å². The van der Waals surface area contributed by atoms with Crippen LogP contribution in [0, 0.1) is 11.8 Å². The summed E-state index contributed by atoms with van der Waals surface area (Å²) in [5.41, 5.74) is 0. The molecular formula is C21H35N5O2. The van der Waals surface area contributed by atoms with E-state index in [9.17, 15) is 4.79 Å². The SMILES string of the molecule is CN=C(NCCCN1CC(C)CC(C)C1)N1CCN(C(=O)c2ccco2)CC1. The topological polar surface area (TPSA) is 64.3 Å². The van der Waals surface area contributed by atoms with Gasteiger partial charge in [-0.2, -0.15) is 0 Å². The second-order valence-corrected chi connectivity index (χ2v) is 8.29. The summed E-state index contributed by atoms with van der Waals surface area (Å²) >= 11 is 0. The van der Waals surface area contributed by atoms with Crippen LogP contribution in [0.5, 0.6) is 0 Å². The van der Waals surface area contributed by atoms with Gasteiger partial charge in [-0.1, -0.05) is 13.8 Å². The van der Waals surface area contributed by atoms with Crippen molar-refractivity contribution in [3.05, 3.63) is 24.2 Å². The van der Waals surface area contributed by atoms with Gasteiger partial charge in [0, 0.05) is 52.9 Å². The van der Waals surface area contributed by atoms with Crippen LogP contribution in [-0.2, 0) is 0 Å². The maximum Gasteiger partial charge on any atom is 0.289 e. The van der Waals surface area contributed by atoms with E-state index in [0.29, 0.717) is 18.8 Å². The van der Waals surface area contributed by atoms with Gasteiger partial charge in [0.05, 0.1) is 6.26 Å². The molecule has 3 heterocycles. The maximum absolute atomic E-state index is 12.4. The first kappa shape index (κ1) is 20.7. The van der Waals surface area contributed by atoms with E-state index in [0.717, 1.165) is 50.4 Å². The number of rotatable bonds is 5. The number of carbonyl (C=O) groups excluding carboxylic acids is 1. The van der Waals surface area contributed by atoms with Crippen molar-refractivity contribution in [3.63, 3.8) is 0 Å². The lowest BCUT2D eigenvalue weighted by Crippen LogP contribution is -2.54. The molecule has 2 saturated heterocycles. The Morgan fingerprint density at radius 2 is 1.86 bits per heavy atom. The van der Waals surface area contributed by atoms with Crippen molar-refractivity contribution < 1.29 is 9.21 Å². The molecule has 7 nitrogen and oxygen atoms in total. The Labute approximate surface area is 168 Å². The smallest absolute Gasteiger partial charge is 0.289 e. The fourth-order valence-electron chi connectivity index (χ4n) is 4.49.